The molecule has 1 heterocycles. The van der Waals surface area contributed by atoms with Crippen LogP contribution in [-0.4, -0.2) is 19.0 Å². The highest BCUT2D eigenvalue weighted by Crippen LogP contribution is 2.39. The summed E-state index contributed by atoms with van der Waals surface area (Å²) in [6.45, 7) is 1.55. The largest absolute Gasteiger partial charge is 0.497 e. The molecule has 1 aliphatic rings. The lowest BCUT2D eigenvalue weighted by molar-refractivity contribution is -0.118. The van der Waals surface area contributed by atoms with E-state index in [1.807, 2.05) is 24.3 Å². The molecule has 0 radical (unpaired) electrons. The zero-order valence-electron chi connectivity index (χ0n) is 8.19. The molecule has 3 heteroatoms. The van der Waals surface area contributed by atoms with Crippen molar-refractivity contribution in [2.75, 3.05) is 7.11 Å². The van der Waals surface area contributed by atoms with Crippen LogP contribution in [0, 0.1) is 0 Å². The van der Waals surface area contributed by atoms with Crippen molar-refractivity contribution < 1.29 is 14.3 Å². The molecule has 1 aromatic carbocycles. The van der Waals surface area contributed by atoms with Crippen molar-refractivity contribution in [2.45, 2.75) is 19.1 Å². The van der Waals surface area contributed by atoms with E-state index in [0.717, 1.165) is 11.3 Å². The van der Waals surface area contributed by atoms with E-state index < -0.39 is 0 Å². The Hall–Kier alpha value is -1.35. The summed E-state index contributed by atoms with van der Waals surface area (Å²) in [5.74, 6) is 0.902. The Morgan fingerprint density at radius 1 is 1.36 bits per heavy atom. The van der Waals surface area contributed by atoms with Gasteiger partial charge in [-0.2, -0.15) is 0 Å². The molecule has 2 unspecified atom stereocenters. The number of epoxide rings is 1. The lowest BCUT2D eigenvalue weighted by atomic mass is 10.1. The van der Waals surface area contributed by atoms with E-state index in [9.17, 15) is 4.79 Å². The lowest BCUT2D eigenvalue weighted by Gasteiger charge is -1.99. The second kappa shape index (κ2) is 3.42. The van der Waals surface area contributed by atoms with Gasteiger partial charge in [0.25, 0.3) is 0 Å². The average molecular weight is 192 g/mol. The summed E-state index contributed by atoms with van der Waals surface area (Å²) in [6.07, 6.45) is -0.276. The standard InChI is InChI=1S/C11H12O3/c1-7(12)10-11(14-10)8-3-5-9(13-2)6-4-8/h3-6,10-11H,1-2H3. The third-order valence-electron chi connectivity index (χ3n) is 2.34. The van der Waals surface area contributed by atoms with E-state index in [0.29, 0.717) is 0 Å². The van der Waals surface area contributed by atoms with Gasteiger partial charge in [0.05, 0.1) is 7.11 Å². The fourth-order valence-corrected chi connectivity index (χ4v) is 1.47. The van der Waals surface area contributed by atoms with Crippen molar-refractivity contribution in [1.29, 1.82) is 0 Å². The molecule has 0 bridgehead atoms. The summed E-state index contributed by atoms with van der Waals surface area (Å²) < 4.78 is 10.3. The van der Waals surface area contributed by atoms with Crippen LogP contribution in [0.15, 0.2) is 24.3 Å². The van der Waals surface area contributed by atoms with Crippen molar-refractivity contribution >= 4 is 5.78 Å². The Bertz CT molecular complexity index is 342. The molecule has 0 spiro atoms. The van der Waals surface area contributed by atoms with Gasteiger partial charge < -0.3 is 9.47 Å². The monoisotopic (exact) mass is 192 g/mol. The third kappa shape index (κ3) is 1.63. The van der Waals surface area contributed by atoms with Crippen molar-refractivity contribution in [3.8, 4) is 5.75 Å². The molecule has 2 rings (SSSR count). The Morgan fingerprint density at radius 3 is 2.43 bits per heavy atom. The zero-order valence-corrected chi connectivity index (χ0v) is 8.19. The van der Waals surface area contributed by atoms with Crippen LogP contribution >= 0.6 is 0 Å². The molecule has 3 nitrogen and oxygen atoms in total. The normalized spacial score (nSPS) is 24.4. The molecule has 0 saturated carbocycles. The maximum Gasteiger partial charge on any atom is 0.161 e. The molecule has 0 amide bonds. The van der Waals surface area contributed by atoms with Gasteiger partial charge in [-0.15, -0.1) is 0 Å². The quantitative estimate of drug-likeness (QED) is 0.684. The summed E-state index contributed by atoms with van der Waals surface area (Å²) in [6, 6.07) is 7.58. The Balaban J connectivity index is 2.08. The van der Waals surface area contributed by atoms with E-state index >= 15 is 0 Å². The fraction of sp³-hybridized carbons (Fsp3) is 0.364. The van der Waals surface area contributed by atoms with E-state index in [2.05, 4.69) is 0 Å². The first-order valence-electron chi connectivity index (χ1n) is 4.52. The predicted octanol–water partition coefficient (Wildman–Crippen LogP) is 1.72. The number of hydrogen-bond donors (Lipinski definition) is 0. The highest BCUT2D eigenvalue weighted by molar-refractivity contribution is 5.83. The first-order valence-corrected chi connectivity index (χ1v) is 4.52. The van der Waals surface area contributed by atoms with Gasteiger partial charge >= 0.3 is 0 Å². The number of Topliss-reactive ketones (excluding diaryl/α,β-unsaturated/α-hetero) is 1. The van der Waals surface area contributed by atoms with Crippen LogP contribution in [0.5, 0.6) is 5.75 Å². The van der Waals surface area contributed by atoms with Gasteiger partial charge in [0.1, 0.15) is 18.0 Å². The van der Waals surface area contributed by atoms with Crippen LogP contribution < -0.4 is 4.74 Å². The Morgan fingerprint density at radius 2 is 2.00 bits per heavy atom. The molecule has 0 aromatic heterocycles. The van der Waals surface area contributed by atoms with E-state index in [-0.39, 0.29) is 18.0 Å². The molecule has 1 aliphatic heterocycles. The summed E-state index contributed by atoms with van der Waals surface area (Å²) in [5.41, 5.74) is 1.03. The number of rotatable bonds is 3. The predicted molar refractivity (Wildman–Crippen MR) is 51.3 cm³/mol. The van der Waals surface area contributed by atoms with E-state index in [1.165, 1.54) is 0 Å². The molecule has 2 atom stereocenters. The number of carbonyl (C=O) groups is 1. The molecule has 0 N–H and O–H groups in total. The molecule has 0 aliphatic carbocycles. The number of hydrogen-bond acceptors (Lipinski definition) is 3. The van der Waals surface area contributed by atoms with Gasteiger partial charge in [0, 0.05) is 0 Å². The number of ketones is 1. The first kappa shape index (κ1) is 9.21. The molecule has 74 valence electrons. The van der Waals surface area contributed by atoms with Crippen LogP contribution in [0.3, 0.4) is 0 Å². The molecule has 14 heavy (non-hydrogen) atoms. The molecule has 1 saturated heterocycles. The minimum absolute atomic E-state index is 0.0431. The molecule has 1 fully saturated rings. The Labute approximate surface area is 82.6 Å². The van der Waals surface area contributed by atoms with Crippen molar-refractivity contribution in [3.05, 3.63) is 29.8 Å². The first-order chi connectivity index (χ1) is 6.72. The van der Waals surface area contributed by atoms with Gasteiger partial charge in [0.2, 0.25) is 0 Å². The maximum absolute atomic E-state index is 11.0. The third-order valence-corrected chi connectivity index (χ3v) is 2.34. The number of benzene rings is 1. The highest BCUT2D eigenvalue weighted by atomic mass is 16.6. The van der Waals surface area contributed by atoms with Crippen molar-refractivity contribution in [1.82, 2.24) is 0 Å². The van der Waals surface area contributed by atoms with Crippen LogP contribution in [0.4, 0.5) is 0 Å². The summed E-state index contributed by atoms with van der Waals surface area (Å²) in [7, 11) is 1.63. The number of methoxy groups -OCH3 is 1. The lowest BCUT2D eigenvalue weighted by Crippen LogP contribution is -2.00. The highest BCUT2D eigenvalue weighted by Gasteiger charge is 2.43. The smallest absolute Gasteiger partial charge is 0.161 e. The van der Waals surface area contributed by atoms with Crippen LogP contribution in [0.25, 0.3) is 0 Å². The minimum atomic E-state index is -0.233. The van der Waals surface area contributed by atoms with Crippen molar-refractivity contribution in [2.24, 2.45) is 0 Å². The summed E-state index contributed by atoms with van der Waals surface area (Å²) in [5, 5.41) is 0. The molecular formula is C11H12O3. The van der Waals surface area contributed by atoms with Gasteiger partial charge in [0.15, 0.2) is 5.78 Å². The topological polar surface area (TPSA) is 38.8 Å². The Kier molecular flexibility index (Phi) is 2.25. The second-order valence-electron chi connectivity index (χ2n) is 3.36. The van der Waals surface area contributed by atoms with Crippen molar-refractivity contribution in [3.63, 3.8) is 0 Å². The summed E-state index contributed by atoms with van der Waals surface area (Å²) >= 11 is 0. The molecular weight excluding hydrogens is 180 g/mol. The van der Waals surface area contributed by atoms with Crippen LogP contribution in [0.2, 0.25) is 0 Å². The fourth-order valence-electron chi connectivity index (χ4n) is 1.47. The molecule has 1 aromatic rings. The average Bonchev–Trinajstić information content (AvgIpc) is 2.97. The van der Waals surface area contributed by atoms with Crippen LogP contribution in [-0.2, 0) is 9.53 Å². The second-order valence-corrected chi connectivity index (χ2v) is 3.36. The van der Waals surface area contributed by atoms with E-state index in [1.54, 1.807) is 14.0 Å². The number of carbonyl (C=O) groups excluding carboxylic acids is 1. The van der Waals surface area contributed by atoms with Gasteiger partial charge in [-0.1, -0.05) is 12.1 Å². The summed E-state index contributed by atoms with van der Waals surface area (Å²) in [4.78, 5) is 11.0. The van der Waals surface area contributed by atoms with Gasteiger partial charge in [-0.3, -0.25) is 4.79 Å². The van der Waals surface area contributed by atoms with Gasteiger partial charge in [-0.05, 0) is 24.6 Å². The maximum atomic E-state index is 11.0. The zero-order chi connectivity index (χ0) is 10.1. The van der Waals surface area contributed by atoms with Gasteiger partial charge in [-0.25, -0.2) is 0 Å². The SMILES string of the molecule is COc1ccc(C2OC2C(C)=O)cc1. The van der Waals surface area contributed by atoms with E-state index in [4.69, 9.17) is 9.47 Å². The minimum Gasteiger partial charge on any atom is -0.497 e. The van der Waals surface area contributed by atoms with Crippen LogP contribution in [0.1, 0.15) is 18.6 Å². The number of ether oxygens (including phenoxy) is 2.